The predicted octanol–water partition coefficient (Wildman–Crippen LogP) is 9.27. The average Bonchev–Trinajstić information content (AvgIpc) is 4.21. The molecule has 1 aliphatic carbocycles. The summed E-state index contributed by atoms with van der Waals surface area (Å²) in [7, 11) is 3.52. The van der Waals surface area contributed by atoms with E-state index in [1.165, 1.54) is 16.2 Å². The van der Waals surface area contributed by atoms with Crippen molar-refractivity contribution in [2.75, 3.05) is 32.5 Å². The molecule has 422 valence electrons. The van der Waals surface area contributed by atoms with E-state index in [4.69, 9.17) is 0 Å². The highest BCUT2D eigenvalue weighted by molar-refractivity contribution is 7.13. The summed E-state index contributed by atoms with van der Waals surface area (Å²) in [6, 6.07) is 25.5. The van der Waals surface area contributed by atoms with Crippen LogP contribution in [0.3, 0.4) is 0 Å². The standard InChI is InChI=1S/C62H81N9O7S/c1-41(45-24-26-46(27-25-45)55-42(2)64-40-79-55)65-58(76)51-36-49(72)39-71(51)60(78)56(61(3,4)5)67-54(74)17-14-12-10-8-9-11-13-16-53(73)66-48-28-20-43(21-29-48)37-63-57(75)50-30-31-52-62(32-15-33-62)69(34-35-70(50)52)38-44-18-22-47(23-19-44)59(77)68(6)7/h18-31,40-41,49,51,56,72H,8-17,32-39H2,1-7H3,(H,63,75)(H,65,76)(H,66,73)(H,67,74)/t41-,49+,51-,56+/m0/s1. The Labute approximate surface area is 470 Å². The van der Waals surface area contributed by atoms with E-state index in [0.717, 1.165) is 105 Å². The summed E-state index contributed by atoms with van der Waals surface area (Å²) in [5.41, 5.74) is 9.38. The number of carbonyl (C=O) groups excluding carboxylic acids is 6. The van der Waals surface area contributed by atoms with Crippen molar-refractivity contribution in [3.05, 3.63) is 130 Å². The lowest BCUT2D eigenvalue weighted by molar-refractivity contribution is -0.144. The average molecular weight is 1100 g/mol. The first-order valence-electron chi connectivity index (χ1n) is 28.3. The third-order valence-electron chi connectivity index (χ3n) is 16.1. The lowest BCUT2D eigenvalue weighted by Crippen LogP contribution is -2.57. The predicted molar refractivity (Wildman–Crippen MR) is 309 cm³/mol. The lowest BCUT2D eigenvalue weighted by Gasteiger charge is -2.53. The van der Waals surface area contributed by atoms with Crippen LogP contribution in [0.25, 0.3) is 10.4 Å². The van der Waals surface area contributed by atoms with Crippen LogP contribution in [0.5, 0.6) is 0 Å². The van der Waals surface area contributed by atoms with Crippen molar-refractivity contribution in [3.63, 3.8) is 0 Å². The third kappa shape index (κ3) is 14.4. The van der Waals surface area contributed by atoms with Gasteiger partial charge in [-0.1, -0.05) is 101 Å². The Kier molecular flexibility index (Phi) is 19.3. The first-order chi connectivity index (χ1) is 37.8. The molecule has 1 saturated carbocycles. The number of aromatic nitrogens is 2. The molecule has 1 saturated heterocycles. The fraction of sp³-hybridized carbons (Fsp3) is 0.500. The molecule has 16 nitrogen and oxygen atoms in total. The number of nitrogens with one attached hydrogen (secondary N) is 4. The Morgan fingerprint density at radius 3 is 2.05 bits per heavy atom. The van der Waals surface area contributed by atoms with Crippen LogP contribution in [-0.4, -0.2) is 110 Å². The summed E-state index contributed by atoms with van der Waals surface area (Å²) in [6.45, 7) is 12.2. The minimum atomic E-state index is -0.876. The molecule has 0 unspecified atom stereocenters. The zero-order valence-electron chi connectivity index (χ0n) is 47.2. The van der Waals surface area contributed by atoms with Gasteiger partial charge in [0.2, 0.25) is 23.6 Å². The Balaban J connectivity index is 0.693. The minimum Gasteiger partial charge on any atom is -0.391 e. The zero-order valence-corrected chi connectivity index (χ0v) is 48.1. The summed E-state index contributed by atoms with van der Waals surface area (Å²) < 4.78 is 2.19. The quantitative estimate of drug-likeness (QED) is 0.0396. The number of unbranched alkanes of at least 4 members (excludes halogenated alkanes) is 6. The number of benzene rings is 3. The van der Waals surface area contributed by atoms with E-state index in [1.807, 2.05) is 119 Å². The van der Waals surface area contributed by atoms with Crippen LogP contribution in [-0.2, 0) is 44.4 Å². The number of nitrogens with zero attached hydrogens (tertiary/aromatic N) is 5. The van der Waals surface area contributed by atoms with Gasteiger partial charge in [0.05, 0.1) is 33.8 Å². The topological polar surface area (TPSA) is 198 Å². The maximum Gasteiger partial charge on any atom is 0.268 e. The van der Waals surface area contributed by atoms with Crippen molar-refractivity contribution in [1.82, 2.24) is 40.2 Å². The molecule has 4 heterocycles. The third-order valence-corrected chi connectivity index (χ3v) is 17.1. The molecule has 6 amide bonds. The number of hydrogen-bond donors (Lipinski definition) is 5. The van der Waals surface area contributed by atoms with E-state index in [0.29, 0.717) is 36.3 Å². The van der Waals surface area contributed by atoms with Crippen LogP contribution in [0.4, 0.5) is 5.69 Å². The van der Waals surface area contributed by atoms with Gasteiger partial charge < -0.3 is 40.7 Å². The number of thiazole rings is 1. The maximum absolute atomic E-state index is 14.1. The number of fused-ring (bicyclic) bond motifs is 2. The number of aryl methyl sites for hydroxylation is 1. The normalized spacial score (nSPS) is 17.5. The van der Waals surface area contributed by atoms with E-state index < -0.39 is 23.6 Å². The van der Waals surface area contributed by atoms with Gasteiger partial charge in [-0.3, -0.25) is 33.7 Å². The summed E-state index contributed by atoms with van der Waals surface area (Å²) in [6.07, 6.45) is 9.37. The Hall–Kier alpha value is -6.69. The molecule has 2 aliphatic heterocycles. The van der Waals surface area contributed by atoms with Gasteiger partial charge in [-0.25, -0.2) is 4.98 Å². The van der Waals surface area contributed by atoms with Crippen LogP contribution in [0.15, 0.2) is 90.4 Å². The van der Waals surface area contributed by atoms with Gasteiger partial charge in [-0.05, 0) is 110 Å². The van der Waals surface area contributed by atoms with Crippen molar-refractivity contribution in [2.24, 2.45) is 5.41 Å². The molecule has 4 atom stereocenters. The molecule has 3 aliphatic rings. The highest BCUT2D eigenvalue weighted by Crippen LogP contribution is 2.49. The number of hydrogen-bond acceptors (Lipinski definition) is 10. The van der Waals surface area contributed by atoms with Gasteiger partial charge in [0, 0.05) is 83.0 Å². The summed E-state index contributed by atoms with van der Waals surface area (Å²) in [4.78, 5) is 90.9. The number of anilines is 1. The van der Waals surface area contributed by atoms with Crippen LogP contribution < -0.4 is 21.3 Å². The summed E-state index contributed by atoms with van der Waals surface area (Å²) >= 11 is 1.58. The SMILES string of the molecule is Cc1ncsc1-c1ccc([C@H](C)NC(=O)[C@@H]2C[C@@H](O)CN2C(=O)[C@@H](NC(=O)CCCCCCCCCC(=O)Nc2ccc(CNC(=O)c3ccc4n3CCN(Cc3ccc(C(=O)N(C)C)cc3)C43CCC3)cc2)C(C)(C)C)cc1. The van der Waals surface area contributed by atoms with Crippen molar-refractivity contribution < 1.29 is 33.9 Å². The minimum absolute atomic E-state index is 0.00715. The zero-order chi connectivity index (χ0) is 56.4. The largest absolute Gasteiger partial charge is 0.391 e. The van der Waals surface area contributed by atoms with E-state index in [-0.39, 0.29) is 66.4 Å². The highest BCUT2D eigenvalue weighted by atomic mass is 32.1. The van der Waals surface area contributed by atoms with E-state index in [9.17, 15) is 33.9 Å². The van der Waals surface area contributed by atoms with E-state index in [1.54, 1.807) is 30.3 Å². The van der Waals surface area contributed by atoms with Crippen LogP contribution in [0.2, 0.25) is 0 Å². The fourth-order valence-corrected chi connectivity index (χ4v) is 12.2. The highest BCUT2D eigenvalue weighted by Gasteiger charge is 2.49. The summed E-state index contributed by atoms with van der Waals surface area (Å²) in [5, 5.41) is 22.8. The molecule has 2 fully saturated rings. The Morgan fingerprint density at radius 1 is 0.797 bits per heavy atom. The van der Waals surface area contributed by atoms with Crippen molar-refractivity contribution >= 4 is 52.5 Å². The number of carbonyl (C=O) groups is 6. The van der Waals surface area contributed by atoms with Gasteiger partial charge in [0.1, 0.15) is 17.8 Å². The van der Waals surface area contributed by atoms with E-state index >= 15 is 0 Å². The van der Waals surface area contributed by atoms with Crippen molar-refractivity contribution in [2.45, 2.75) is 167 Å². The molecule has 0 radical (unpaired) electrons. The molecule has 3 aromatic carbocycles. The van der Waals surface area contributed by atoms with Gasteiger partial charge >= 0.3 is 0 Å². The maximum atomic E-state index is 14.1. The molecule has 5 N–H and O–H groups in total. The molecular weight excluding hydrogens is 1010 g/mol. The first kappa shape index (κ1) is 58.5. The molecule has 79 heavy (non-hydrogen) atoms. The smallest absolute Gasteiger partial charge is 0.268 e. The van der Waals surface area contributed by atoms with Gasteiger partial charge in [0.15, 0.2) is 0 Å². The fourth-order valence-electron chi connectivity index (χ4n) is 11.4. The van der Waals surface area contributed by atoms with Gasteiger partial charge in [-0.15, -0.1) is 11.3 Å². The lowest BCUT2D eigenvalue weighted by atomic mass is 9.71. The van der Waals surface area contributed by atoms with Crippen molar-refractivity contribution in [1.29, 1.82) is 0 Å². The molecule has 1 spiro atoms. The molecule has 2 aromatic heterocycles. The van der Waals surface area contributed by atoms with Crippen LogP contribution in [0.1, 0.15) is 166 Å². The monoisotopic (exact) mass is 1100 g/mol. The second kappa shape index (κ2) is 26.1. The number of aliphatic hydroxyl groups is 1. The molecule has 0 bridgehead atoms. The van der Waals surface area contributed by atoms with Crippen LogP contribution >= 0.6 is 11.3 Å². The van der Waals surface area contributed by atoms with E-state index in [2.05, 4.69) is 41.8 Å². The van der Waals surface area contributed by atoms with Gasteiger partial charge in [-0.2, -0.15) is 0 Å². The van der Waals surface area contributed by atoms with Gasteiger partial charge in [0.25, 0.3) is 11.8 Å². The number of likely N-dealkylation sites (tertiary alicyclic amines) is 1. The number of rotatable bonds is 23. The summed E-state index contributed by atoms with van der Waals surface area (Å²) in [5.74, 6) is -1.09. The second-order valence-electron chi connectivity index (χ2n) is 23.2. The first-order valence-corrected chi connectivity index (χ1v) is 29.2. The number of amides is 6. The van der Waals surface area contributed by atoms with Crippen molar-refractivity contribution in [3.8, 4) is 10.4 Å². The molecule has 17 heteroatoms. The number of β-amino-alcohol motifs (C(OH)–C–C–N with tert-alkyl or cyclic N) is 1. The molecule has 5 aromatic rings. The Bertz CT molecular complexity index is 2920. The molecular formula is C62H81N9O7S. The number of aliphatic hydroxyl groups excluding tert-OH is 1. The van der Waals surface area contributed by atoms with Crippen LogP contribution in [0, 0.1) is 12.3 Å². The second-order valence-corrected chi connectivity index (χ2v) is 24.1. The molecule has 8 rings (SSSR count). The Morgan fingerprint density at radius 2 is 1.44 bits per heavy atom.